The number of unbranched alkanes of at least 4 members (excludes halogenated alkanes) is 1. The van der Waals surface area contributed by atoms with E-state index in [-0.39, 0.29) is 18.3 Å². The van der Waals surface area contributed by atoms with Crippen molar-refractivity contribution in [2.45, 2.75) is 25.8 Å². The third-order valence-corrected chi connectivity index (χ3v) is 3.46. The molecule has 3 N–H and O–H groups in total. The number of aryl methyl sites for hydroxylation is 1. The summed E-state index contributed by atoms with van der Waals surface area (Å²) < 4.78 is 6.65. The Morgan fingerprint density at radius 1 is 1.25 bits per heavy atom. The molecule has 1 heterocycles. The number of aromatic nitrogens is 2. The van der Waals surface area contributed by atoms with Crippen LogP contribution in [-0.4, -0.2) is 22.8 Å². The molecule has 0 aliphatic heterocycles. The van der Waals surface area contributed by atoms with Crippen molar-refractivity contribution in [2.24, 2.45) is 0 Å². The molecule has 0 radical (unpaired) electrons. The number of ether oxygens (including phenoxy) is 1. The zero-order valence-corrected chi connectivity index (χ0v) is 13.5. The first kappa shape index (κ1) is 17.5. The average Bonchev–Trinajstić information content (AvgIpc) is 2.59. The van der Waals surface area contributed by atoms with Gasteiger partial charge in [-0.3, -0.25) is 10.5 Å². The second kappa shape index (κ2) is 8.67. The molecular formula is C18H22N3O3+. The number of nitrogens with zero attached hydrogens (tertiary/aromatic N) is 2. The SMILES string of the molecule is C=CCOC(=O)CCCC[n+]1nc(-c2ccc(O)cc2)ccc1N. The van der Waals surface area contributed by atoms with Crippen LogP contribution in [0.2, 0.25) is 0 Å². The molecule has 24 heavy (non-hydrogen) atoms. The quantitative estimate of drug-likeness (QED) is 0.336. The summed E-state index contributed by atoms with van der Waals surface area (Å²) in [5, 5.41) is 13.9. The predicted octanol–water partition coefficient (Wildman–Crippen LogP) is 2.22. The summed E-state index contributed by atoms with van der Waals surface area (Å²) in [6.07, 6.45) is 3.39. The minimum atomic E-state index is -0.223. The molecule has 6 heteroatoms. The normalized spacial score (nSPS) is 10.3. The van der Waals surface area contributed by atoms with Crippen LogP contribution in [0.5, 0.6) is 5.75 Å². The Labute approximate surface area is 141 Å². The van der Waals surface area contributed by atoms with Crippen molar-refractivity contribution in [3.8, 4) is 17.0 Å². The molecule has 1 aromatic heterocycles. The minimum Gasteiger partial charge on any atom is -0.508 e. The number of carbonyl (C=O) groups excluding carboxylic acids is 1. The van der Waals surface area contributed by atoms with Crippen molar-refractivity contribution < 1.29 is 19.3 Å². The highest BCUT2D eigenvalue weighted by atomic mass is 16.5. The van der Waals surface area contributed by atoms with E-state index in [2.05, 4.69) is 11.7 Å². The summed E-state index contributed by atoms with van der Waals surface area (Å²) in [4.78, 5) is 11.4. The van der Waals surface area contributed by atoms with Gasteiger partial charge in [-0.25, -0.2) is 0 Å². The Hall–Kier alpha value is -2.89. The fraction of sp³-hybridized carbons (Fsp3) is 0.278. The lowest BCUT2D eigenvalue weighted by Crippen LogP contribution is -2.41. The highest BCUT2D eigenvalue weighted by molar-refractivity contribution is 5.69. The van der Waals surface area contributed by atoms with Gasteiger partial charge in [-0.15, -0.1) is 4.68 Å². The van der Waals surface area contributed by atoms with Gasteiger partial charge in [0.1, 0.15) is 24.6 Å². The van der Waals surface area contributed by atoms with Gasteiger partial charge in [0, 0.05) is 18.1 Å². The standard InChI is InChI=1S/C18H21N3O3/c1-2-13-24-18(23)5-3-4-12-21-17(19)11-10-16(20-21)14-6-8-15(22)9-7-14/h2,6-11,19H,1,3-5,12-13H2,(H,20,22)/p+1. The Kier molecular flexibility index (Phi) is 6.31. The molecule has 0 bridgehead atoms. The Balaban J connectivity index is 1.93. The van der Waals surface area contributed by atoms with Gasteiger partial charge in [0.15, 0.2) is 0 Å². The van der Waals surface area contributed by atoms with Gasteiger partial charge < -0.3 is 9.84 Å². The maximum Gasteiger partial charge on any atom is 0.306 e. The van der Waals surface area contributed by atoms with Crippen LogP contribution in [0.25, 0.3) is 11.3 Å². The summed E-state index contributed by atoms with van der Waals surface area (Å²) in [5.41, 5.74) is 7.63. The molecule has 0 aliphatic carbocycles. The molecule has 0 amide bonds. The van der Waals surface area contributed by atoms with Gasteiger partial charge in [0.25, 0.3) is 5.82 Å². The number of carbonyl (C=O) groups is 1. The number of hydrogen-bond donors (Lipinski definition) is 2. The van der Waals surface area contributed by atoms with Crippen LogP contribution in [-0.2, 0) is 16.1 Å². The second-order valence-electron chi connectivity index (χ2n) is 5.34. The number of hydrogen-bond acceptors (Lipinski definition) is 5. The molecule has 0 saturated carbocycles. The lowest BCUT2D eigenvalue weighted by molar-refractivity contribution is -0.739. The fourth-order valence-corrected chi connectivity index (χ4v) is 2.19. The molecule has 0 atom stereocenters. The van der Waals surface area contributed by atoms with Gasteiger partial charge in [-0.05, 0) is 43.2 Å². The summed E-state index contributed by atoms with van der Waals surface area (Å²) in [6.45, 7) is 4.36. The Bertz CT molecular complexity index is 699. The average molecular weight is 328 g/mol. The fourth-order valence-electron chi connectivity index (χ4n) is 2.19. The lowest BCUT2D eigenvalue weighted by Gasteiger charge is -2.05. The maximum atomic E-state index is 11.4. The van der Waals surface area contributed by atoms with Crippen LogP contribution in [0.1, 0.15) is 19.3 Å². The maximum absolute atomic E-state index is 11.4. The van der Waals surface area contributed by atoms with E-state index in [0.717, 1.165) is 17.7 Å². The number of benzene rings is 1. The molecule has 2 rings (SSSR count). The number of esters is 1. The van der Waals surface area contributed by atoms with E-state index in [0.29, 0.717) is 25.2 Å². The summed E-state index contributed by atoms with van der Waals surface area (Å²) in [5.74, 6) is 0.552. The van der Waals surface area contributed by atoms with E-state index in [1.54, 1.807) is 41.1 Å². The van der Waals surface area contributed by atoms with E-state index >= 15 is 0 Å². The van der Waals surface area contributed by atoms with Gasteiger partial charge >= 0.3 is 5.97 Å². The van der Waals surface area contributed by atoms with Crippen LogP contribution in [0.3, 0.4) is 0 Å². The summed E-state index contributed by atoms with van der Waals surface area (Å²) in [7, 11) is 0. The molecule has 2 aromatic rings. The number of aromatic hydroxyl groups is 1. The molecule has 6 nitrogen and oxygen atoms in total. The van der Waals surface area contributed by atoms with E-state index in [9.17, 15) is 9.90 Å². The number of phenols is 1. The topological polar surface area (TPSA) is 89.3 Å². The molecular weight excluding hydrogens is 306 g/mol. The summed E-state index contributed by atoms with van der Waals surface area (Å²) >= 11 is 0. The van der Waals surface area contributed by atoms with Crippen molar-refractivity contribution in [3.63, 3.8) is 0 Å². The van der Waals surface area contributed by atoms with Crippen molar-refractivity contribution in [1.29, 1.82) is 0 Å². The zero-order chi connectivity index (χ0) is 17.4. The smallest absolute Gasteiger partial charge is 0.306 e. The Morgan fingerprint density at radius 2 is 2.00 bits per heavy atom. The van der Waals surface area contributed by atoms with E-state index in [1.165, 1.54) is 0 Å². The summed E-state index contributed by atoms with van der Waals surface area (Å²) in [6, 6.07) is 10.5. The van der Waals surface area contributed by atoms with Crippen LogP contribution in [0.15, 0.2) is 49.1 Å². The zero-order valence-electron chi connectivity index (χ0n) is 13.5. The first-order valence-electron chi connectivity index (χ1n) is 7.82. The van der Waals surface area contributed by atoms with E-state index < -0.39 is 0 Å². The molecule has 126 valence electrons. The predicted molar refractivity (Wildman–Crippen MR) is 91.0 cm³/mol. The molecule has 0 unspecified atom stereocenters. The van der Waals surface area contributed by atoms with Crippen LogP contribution < -0.4 is 10.4 Å². The van der Waals surface area contributed by atoms with Crippen molar-refractivity contribution in [3.05, 3.63) is 49.1 Å². The Morgan fingerprint density at radius 3 is 2.71 bits per heavy atom. The van der Waals surface area contributed by atoms with Gasteiger partial charge in [0.05, 0.1) is 0 Å². The van der Waals surface area contributed by atoms with Crippen LogP contribution in [0.4, 0.5) is 5.82 Å². The van der Waals surface area contributed by atoms with E-state index in [1.807, 2.05) is 6.07 Å². The second-order valence-corrected chi connectivity index (χ2v) is 5.34. The van der Waals surface area contributed by atoms with Crippen molar-refractivity contribution >= 4 is 11.8 Å². The highest BCUT2D eigenvalue weighted by Crippen LogP contribution is 2.19. The first-order chi connectivity index (χ1) is 11.6. The molecule has 0 fully saturated rings. The van der Waals surface area contributed by atoms with Crippen LogP contribution in [0, 0.1) is 0 Å². The first-order valence-corrected chi connectivity index (χ1v) is 7.82. The highest BCUT2D eigenvalue weighted by Gasteiger charge is 2.10. The molecule has 0 aliphatic rings. The monoisotopic (exact) mass is 328 g/mol. The van der Waals surface area contributed by atoms with Gasteiger partial charge in [-0.2, -0.15) is 0 Å². The number of rotatable bonds is 8. The molecule has 1 aromatic carbocycles. The number of nitrogen functional groups attached to an aromatic ring is 1. The number of anilines is 1. The third-order valence-electron chi connectivity index (χ3n) is 3.46. The van der Waals surface area contributed by atoms with Crippen molar-refractivity contribution in [2.75, 3.05) is 12.3 Å². The number of phenolic OH excluding ortho intramolecular Hbond substituents is 1. The minimum absolute atomic E-state index is 0.213. The van der Waals surface area contributed by atoms with E-state index in [4.69, 9.17) is 10.5 Å². The van der Waals surface area contributed by atoms with Crippen molar-refractivity contribution in [1.82, 2.24) is 5.10 Å². The third kappa shape index (κ3) is 5.08. The number of nitrogens with two attached hydrogens (primary N) is 1. The van der Waals surface area contributed by atoms with Gasteiger partial charge in [-0.1, -0.05) is 17.8 Å². The molecule has 0 spiro atoms. The van der Waals surface area contributed by atoms with Gasteiger partial charge in [0.2, 0.25) is 0 Å². The lowest BCUT2D eigenvalue weighted by atomic mass is 10.1. The van der Waals surface area contributed by atoms with Crippen LogP contribution >= 0.6 is 0 Å². The molecule has 0 saturated heterocycles. The largest absolute Gasteiger partial charge is 0.508 e.